The molecule has 3 rings (SSSR count). The summed E-state index contributed by atoms with van der Waals surface area (Å²) in [5.41, 5.74) is 6.20. The molecule has 0 unspecified atom stereocenters. The summed E-state index contributed by atoms with van der Waals surface area (Å²) in [6, 6.07) is 7.23. The van der Waals surface area contributed by atoms with Crippen molar-refractivity contribution >= 4 is 46.2 Å². The Hall–Kier alpha value is -2.65. The molecule has 0 saturated carbocycles. The maximum absolute atomic E-state index is 11.9. The van der Waals surface area contributed by atoms with Crippen LogP contribution in [0.1, 0.15) is 13.8 Å². The normalized spacial score (nSPS) is 11.0. The van der Waals surface area contributed by atoms with Crippen molar-refractivity contribution in [3.8, 4) is 5.69 Å². The van der Waals surface area contributed by atoms with Crippen LogP contribution in [0.15, 0.2) is 41.8 Å². The van der Waals surface area contributed by atoms with E-state index in [1.165, 1.54) is 18.1 Å². The Balaban J connectivity index is 1.72. The summed E-state index contributed by atoms with van der Waals surface area (Å²) in [5.74, 6) is -0.692. The fraction of sp³-hybridized carbons (Fsp3) is 0.235. The number of carbonyl (C=O) groups is 2. The van der Waals surface area contributed by atoms with E-state index >= 15 is 0 Å². The van der Waals surface area contributed by atoms with Gasteiger partial charge in [-0.3, -0.25) is 20.4 Å². The summed E-state index contributed by atoms with van der Waals surface area (Å²) in [6.45, 7) is 3.48. The summed E-state index contributed by atoms with van der Waals surface area (Å²) in [5, 5.41) is 6.36. The number of fused-ring (bicyclic) bond motifs is 1. The van der Waals surface area contributed by atoms with Crippen LogP contribution >= 0.6 is 23.4 Å². The second kappa shape index (κ2) is 8.36. The molecule has 2 N–H and O–H groups in total. The van der Waals surface area contributed by atoms with Crippen molar-refractivity contribution in [3.63, 3.8) is 0 Å². The largest absolute Gasteiger partial charge is 0.273 e. The number of hydrogen-bond donors (Lipinski definition) is 2. The molecular formula is C17H17ClN6O2S. The molecule has 27 heavy (non-hydrogen) atoms. The minimum atomic E-state index is -0.328. The number of amides is 2. The molecule has 0 spiro atoms. The zero-order valence-corrected chi connectivity index (χ0v) is 16.2. The number of nitrogens with one attached hydrogen (secondary N) is 2. The highest BCUT2D eigenvalue weighted by atomic mass is 35.5. The lowest BCUT2D eigenvalue weighted by Crippen LogP contribution is -2.44. The highest BCUT2D eigenvalue weighted by Gasteiger charge is 2.14. The van der Waals surface area contributed by atoms with Crippen LogP contribution in [0.3, 0.4) is 0 Å². The Morgan fingerprint density at radius 3 is 2.63 bits per heavy atom. The molecule has 8 nitrogen and oxygen atoms in total. The van der Waals surface area contributed by atoms with Crippen LogP contribution in [0.4, 0.5) is 0 Å². The molecule has 2 aromatic heterocycles. The van der Waals surface area contributed by atoms with Gasteiger partial charge in [0.1, 0.15) is 11.4 Å². The summed E-state index contributed by atoms with van der Waals surface area (Å²) in [6.07, 6.45) is 3.09. The summed E-state index contributed by atoms with van der Waals surface area (Å²) < 4.78 is 1.68. The van der Waals surface area contributed by atoms with E-state index < -0.39 is 0 Å². The molecule has 0 aliphatic rings. The van der Waals surface area contributed by atoms with Gasteiger partial charge in [0.05, 0.1) is 23.0 Å². The first-order valence-electron chi connectivity index (χ1n) is 8.12. The first-order valence-corrected chi connectivity index (χ1v) is 9.48. The minimum Gasteiger partial charge on any atom is -0.273 e. The summed E-state index contributed by atoms with van der Waals surface area (Å²) >= 11 is 7.17. The van der Waals surface area contributed by atoms with E-state index in [2.05, 4.69) is 25.9 Å². The van der Waals surface area contributed by atoms with Crippen LogP contribution in [0.25, 0.3) is 16.7 Å². The quantitative estimate of drug-likeness (QED) is 0.384. The number of hydrogen-bond acceptors (Lipinski definition) is 6. The maximum atomic E-state index is 11.9. The zero-order chi connectivity index (χ0) is 19.4. The van der Waals surface area contributed by atoms with E-state index in [1.807, 2.05) is 12.1 Å². The van der Waals surface area contributed by atoms with E-state index in [0.717, 1.165) is 11.1 Å². The Bertz CT molecular complexity index is 973. The summed E-state index contributed by atoms with van der Waals surface area (Å²) in [7, 11) is 0. The Labute approximate surface area is 164 Å². The number of aromatic nitrogens is 4. The van der Waals surface area contributed by atoms with Crippen LogP contribution in [0.2, 0.25) is 5.02 Å². The standard InChI is InChI=1S/C17H17ClN6O2S/c1-10(2)16(26)23-22-14(25)8-27-17-13-7-21-24(15(13)19-9-20-17)12-5-3-11(18)4-6-12/h3-7,9-10H,8H2,1-2H3,(H,22,25)(H,23,26). The lowest BCUT2D eigenvalue weighted by Gasteiger charge is -2.09. The van der Waals surface area contributed by atoms with Gasteiger partial charge in [0, 0.05) is 10.9 Å². The zero-order valence-electron chi connectivity index (χ0n) is 14.6. The molecule has 3 aromatic rings. The first-order chi connectivity index (χ1) is 13.0. The topological polar surface area (TPSA) is 102 Å². The Kier molecular flexibility index (Phi) is 5.92. The number of thioether (sulfide) groups is 1. The van der Waals surface area contributed by atoms with Crippen LogP contribution in [0.5, 0.6) is 0 Å². The molecule has 0 aliphatic carbocycles. The van der Waals surface area contributed by atoms with E-state index in [9.17, 15) is 9.59 Å². The van der Waals surface area contributed by atoms with Crippen LogP contribution in [-0.2, 0) is 9.59 Å². The SMILES string of the molecule is CC(C)C(=O)NNC(=O)CSc1ncnc2c1cnn2-c1ccc(Cl)cc1. The number of hydrazine groups is 1. The molecule has 140 valence electrons. The van der Waals surface area contributed by atoms with Crippen molar-refractivity contribution in [2.45, 2.75) is 18.9 Å². The second-order valence-electron chi connectivity index (χ2n) is 5.93. The van der Waals surface area contributed by atoms with Crippen LogP contribution in [0, 0.1) is 5.92 Å². The third kappa shape index (κ3) is 4.55. The van der Waals surface area contributed by atoms with Gasteiger partial charge in [-0.1, -0.05) is 37.2 Å². The maximum Gasteiger partial charge on any atom is 0.248 e. The molecule has 2 amide bonds. The Morgan fingerprint density at radius 1 is 1.19 bits per heavy atom. The van der Waals surface area contributed by atoms with Gasteiger partial charge in [-0.25, -0.2) is 14.6 Å². The summed E-state index contributed by atoms with van der Waals surface area (Å²) in [4.78, 5) is 31.9. The lowest BCUT2D eigenvalue weighted by atomic mass is 10.2. The van der Waals surface area contributed by atoms with E-state index in [0.29, 0.717) is 15.7 Å². The lowest BCUT2D eigenvalue weighted by molar-refractivity contribution is -0.129. The molecule has 1 aromatic carbocycles. The van der Waals surface area contributed by atoms with Gasteiger partial charge >= 0.3 is 0 Å². The number of benzene rings is 1. The van der Waals surface area contributed by atoms with Crippen LogP contribution in [-0.4, -0.2) is 37.3 Å². The third-order valence-electron chi connectivity index (χ3n) is 3.59. The van der Waals surface area contributed by atoms with Crippen molar-refractivity contribution in [3.05, 3.63) is 41.8 Å². The molecule has 0 saturated heterocycles. The van der Waals surface area contributed by atoms with Gasteiger partial charge in [-0.15, -0.1) is 0 Å². The highest BCUT2D eigenvalue weighted by molar-refractivity contribution is 8.00. The van der Waals surface area contributed by atoms with Gasteiger partial charge in [-0.05, 0) is 24.3 Å². The van der Waals surface area contributed by atoms with Gasteiger partial charge in [-0.2, -0.15) is 5.10 Å². The van der Waals surface area contributed by atoms with E-state index in [1.54, 1.807) is 36.9 Å². The average Bonchev–Trinajstić information content (AvgIpc) is 3.09. The minimum absolute atomic E-state index is 0.0939. The van der Waals surface area contributed by atoms with E-state index in [4.69, 9.17) is 11.6 Å². The van der Waals surface area contributed by atoms with Crippen molar-refractivity contribution in [2.24, 2.45) is 5.92 Å². The smallest absolute Gasteiger partial charge is 0.248 e. The van der Waals surface area contributed by atoms with Gasteiger partial charge in [0.25, 0.3) is 0 Å². The number of rotatable bonds is 5. The number of halogens is 1. The average molecular weight is 405 g/mol. The number of nitrogens with zero attached hydrogens (tertiary/aromatic N) is 4. The molecule has 0 atom stereocenters. The molecule has 2 heterocycles. The second-order valence-corrected chi connectivity index (χ2v) is 7.33. The molecular weight excluding hydrogens is 388 g/mol. The molecule has 0 fully saturated rings. The monoisotopic (exact) mass is 404 g/mol. The van der Waals surface area contributed by atoms with Crippen LogP contribution < -0.4 is 10.9 Å². The first kappa shape index (κ1) is 19.1. The molecule has 10 heteroatoms. The van der Waals surface area contributed by atoms with Gasteiger partial charge < -0.3 is 0 Å². The molecule has 0 aliphatic heterocycles. The molecule has 0 bridgehead atoms. The fourth-order valence-electron chi connectivity index (χ4n) is 2.15. The highest BCUT2D eigenvalue weighted by Crippen LogP contribution is 2.26. The van der Waals surface area contributed by atoms with Gasteiger partial charge in [0.2, 0.25) is 11.8 Å². The predicted octanol–water partition coefficient (Wildman–Crippen LogP) is 2.36. The predicted molar refractivity (Wildman–Crippen MR) is 104 cm³/mol. The fourth-order valence-corrected chi connectivity index (χ4v) is 3.04. The molecule has 0 radical (unpaired) electrons. The Morgan fingerprint density at radius 2 is 1.93 bits per heavy atom. The van der Waals surface area contributed by atoms with E-state index in [-0.39, 0.29) is 23.5 Å². The van der Waals surface area contributed by atoms with Crippen molar-refractivity contribution in [1.82, 2.24) is 30.6 Å². The van der Waals surface area contributed by atoms with Gasteiger partial charge in [0.15, 0.2) is 5.65 Å². The van der Waals surface area contributed by atoms with Crippen molar-refractivity contribution in [1.29, 1.82) is 0 Å². The number of carbonyl (C=O) groups excluding carboxylic acids is 2. The van der Waals surface area contributed by atoms with Crippen molar-refractivity contribution in [2.75, 3.05) is 5.75 Å². The third-order valence-corrected chi connectivity index (χ3v) is 4.85. The van der Waals surface area contributed by atoms with Crippen molar-refractivity contribution < 1.29 is 9.59 Å².